The minimum atomic E-state index is -1.84. The third kappa shape index (κ3) is 5.51. The molecule has 1 aliphatic carbocycles. The molecule has 0 bridgehead atoms. The number of benzene rings is 1. The number of halogens is 2. The zero-order chi connectivity index (χ0) is 14.9. The van der Waals surface area contributed by atoms with E-state index in [4.69, 9.17) is 3.32 Å². The van der Waals surface area contributed by atoms with Crippen molar-refractivity contribution >= 4 is 42.9 Å². The molecule has 5 heteroatoms. The van der Waals surface area contributed by atoms with E-state index in [2.05, 4.69) is 68.7 Å². The van der Waals surface area contributed by atoms with E-state index in [0.717, 1.165) is 12.2 Å². The van der Waals surface area contributed by atoms with Gasteiger partial charge >= 0.3 is 130 Å². The van der Waals surface area contributed by atoms with Gasteiger partial charge in [0.25, 0.3) is 0 Å². The normalized spacial score (nSPS) is 13.5. The Morgan fingerprint density at radius 1 is 1.09 bits per heavy atom. The van der Waals surface area contributed by atoms with Crippen molar-refractivity contribution in [2.24, 2.45) is 0 Å². The summed E-state index contributed by atoms with van der Waals surface area (Å²) in [6.45, 7) is 11.5. The second-order valence-corrected chi connectivity index (χ2v) is 14.2. The number of rotatable bonds is 4. The van der Waals surface area contributed by atoms with Gasteiger partial charge in [0, 0.05) is 0 Å². The van der Waals surface area contributed by atoms with Gasteiger partial charge in [0.15, 0.2) is 0 Å². The maximum atomic E-state index is 6.27. The van der Waals surface area contributed by atoms with Crippen molar-refractivity contribution in [1.29, 1.82) is 0 Å². The minimum absolute atomic E-state index is 0. The molecule has 0 saturated carbocycles. The summed E-state index contributed by atoms with van der Waals surface area (Å²) in [6.07, 6.45) is 5.45. The van der Waals surface area contributed by atoms with Crippen molar-refractivity contribution in [3.8, 4) is 5.75 Å². The quantitative estimate of drug-likeness (QED) is 0.657. The van der Waals surface area contributed by atoms with Gasteiger partial charge < -0.3 is 0 Å². The molecule has 1 aromatic carbocycles. The van der Waals surface area contributed by atoms with E-state index in [-0.39, 0.29) is 24.8 Å². The average Bonchev–Trinajstić information content (AvgIpc) is 2.73. The molecule has 0 saturated heterocycles. The predicted molar refractivity (Wildman–Crippen MR) is 103 cm³/mol. The summed E-state index contributed by atoms with van der Waals surface area (Å²) in [7, 11) is -1.30. The molecule has 1 aliphatic rings. The van der Waals surface area contributed by atoms with Gasteiger partial charge in [-0.3, -0.25) is 0 Å². The number of hydrogen-bond acceptors (Lipinski definition) is 1. The van der Waals surface area contributed by atoms with Crippen molar-refractivity contribution in [2.45, 2.75) is 39.9 Å². The average molecular weight is 393 g/mol. The zero-order valence-electron chi connectivity index (χ0n) is 14.0. The number of hydrogen-bond donors (Lipinski definition) is 0. The first kappa shape index (κ1) is 21.9. The molecule has 122 valence electrons. The molecule has 1 aromatic rings. The van der Waals surface area contributed by atoms with E-state index < -0.39 is 25.9 Å². The molecule has 22 heavy (non-hydrogen) atoms. The zero-order valence-corrected chi connectivity index (χ0v) is 18.2. The SMILES string of the molecule is Cl.Cl.[CH2]=[Ti]([O]c1cc(C)cc([Si](C)(C)C)c1)[C]1=C(C)C=CC1. The van der Waals surface area contributed by atoms with Crippen LogP contribution in [-0.2, 0) is 17.8 Å². The van der Waals surface area contributed by atoms with Gasteiger partial charge in [0.1, 0.15) is 0 Å². The molecule has 0 N–H and O–H groups in total. The Bertz CT molecular complexity index is 616. The molecule has 0 amide bonds. The van der Waals surface area contributed by atoms with E-state index in [1.165, 1.54) is 20.2 Å². The van der Waals surface area contributed by atoms with Crippen molar-refractivity contribution in [3.05, 3.63) is 45.4 Å². The van der Waals surface area contributed by atoms with Crippen molar-refractivity contribution in [1.82, 2.24) is 0 Å². The first-order valence-electron chi connectivity index (χ1n) is 7.13. The Morgan fingerprint density at radius 3 is 2.23 bits per heavy atom. The van der Waals surface area contributed by atoms with Crippen LogP contribution in [0.25, 0.3) is 0 Å². The van der Waals surface area contributed by atoms with Gasteiger partial charge in [0.2, 0.25) is 0 Å². The van der Waals surface area contributed by atoms with E-state index >= 15 is 0 Å². The van der Waals surface area contributed by atoms with Crippen LogP contribution in [0, 0.1) is 6.92 Å². The fraction of sp³-hybridized carbons (Fsp3) is 0.353. The molecular formula is C17H26Cl2OSiTi. The van der Waals surface area contributed by atoms with Crippen molar-refractivity contribution in [2.75, 3.05) is 0 Å². The summed E-state index contributed by atoms with van der Waals surface area (Å²) in [4.78, 5) is 4.35. The molecule has 0 fully saturated rings. The molecule has 0 spiro atoms. The van der Waals surface area contributed by atoms with Gasteiger partial charge in [-0.15, -0.1) is 24.8 Å². The molecule has 0 aromatic heterocycles. The molecular weight excluding hydrogens is 367 g/mol. The Labute approximate surface area is 154 Å². The third-order valence-corrected chi connectivity index (χ3v) is 8.42. The maximum absolute atomic E-state index is 6.27. The summed E-state index contributed by atoms with van der Waals surface area (Å²) >= 11 is -1.84. The Hall–Kier alpha value is -0.119. The fourth-order valence-corrected chi connectivity index (χ4v) is 5.81. The van der Waals surface area contributed by atoms with Crippen LogP contribution in [0.5, 0.6) is 5.75 Å². The summed E-state index contributed by atoms with van der Waals surface area (Å²) in [5.74, 6) is 1.03. The number of allylic oxidation sites excluding steroid dienone is 4. The van der Waals surface area contributed by atoms with Crippen LogP contribution >= 0.6 is 24.8 Å². The first-order valence-corrected chi connectivity index (χ1v) is 13.2. The van der Waals surface area contributed by atoms with Crippen molar-refractivity contribution in [3.63, 3.8) is 0 Å². The Balaban J connectivity index is 0.00000220. The second kappa shape index (κ2) is 8.65. The molecule has 0 radical (unpaired) electrons. The van der Waals surface area contributed by atoms with Crippen LogP contribution in [0.3, 0.4) is 0 Å². The van der Waals surface area contributed by atoms with Crippen LogP contribution in [-0.4, -0.2) is 12.9 Å². The van der Waals surface area contributed by atoms with Gasteiger partial charge in [-0.25, -0.2) is 0 Å². The predicted octanol–water partition coefficient (Wildman–Crippen LogP) is 4.96. The fourth-order valence-electron chi connectivity index (χ4n) is 2.39. The standard InChI is InChI=1S/C10H16OSi.C6H7.CH2.2ClH.Ti/c1-8-5-9(11)7-10(6-8)12(2,3)4;1-6-4-2-3-5-6;;;;/h5-7,11H,1-4H3;2,4H,3H2,1H3;1H2;2*1H;/q;;;;;+1/p-1. The third-order valence-electron chi connectivity index (χ3n) is 3.66. The monoisotopic (exact) mass is 392 g/mol. The van der Waals surface area contributed by atoms with Gasteiger partial charge in [0.05, 0.1) is 0 Å². The van der Waals surface area contributed by atoms with Crippen LogP contribution < -0.4 is 8.51 Å². The second-order valence-electron chi connectivity index (χ2n) is 6.58. The van der Waals surface area contributed by atoms with E-state index in [1.807, 2.05) is 0 Å². The molecule has 0 unspecified atom stereocenters. The van der Waals surface area contributed by atoms with Gasteiger partial charge in [-0.2, -0.15) is 0 Å². The van der Waals surface area contributed by atoms with Crippen LogP contribution in [0.15, 0.2) is 39.8 Å². The van der Waals surface area contributed by atoms with E-state index in [9.17, 15) is 0 Å². The number of aryl methyl sites for hydroxylation is 1. The molecule has 1 nitrogen and oxygen atoms in total. The van der Waals surface area contributed by atoms with E-state index in [0.29, 0.717) is 0 Å². The first-order chi connectivity index (χ1) is 9.27. The van der Waals surface area contributed by atoms with E-state index in [1.54, 1.807) is 0 Å². The van der Waals surface area contributed by atoms with Gasteiger partial charge in [-0.1, -0.05) is 0 Å². The topological polar surface area (TPSA) is 9.23 Å². The molecule has 0 heterocycles. The van der Waals surface area contributed by atoms with Crippen molar-refractivity contribution < 1.29 is 21.1 Å². The molecule has 0 aliphatic heterocycles. The summed E-state index contributed by atoms with van der Waals surface area (Å²) < 4.78 is 7.72. The van der Waals surface area contributed by atoms with Crippen LogP contribution in [0.4, 0.5) is 0 Å². The summed E-state index contributed by atoms with van der Waals surface area (Å²) in [5, 5.41) is 1.47. The summed E-state index contributed by atoms with van der Waals surface area (Å²) in [6, 6.07) is 6.71. The van der Waals surface area contributed by atoms with Crippen LogP contribution in [0.2, 0.25) is 19.6 Å². The summed E-state index contributed by atoms with van der Waals surface area (Å²) in [5.41, 5.74) is 2.66. The van der Waals surface area contributed by atoms with Gasteiger partial charge in [-0.05, 0) is 0 Å². The van der Waals surface area contributed by atoms with Crippen LogP contribution in [0.1, 0.15) is 18.9 Å². The Kier molecular flexibility index (Phi) is 8.61. The molecule has 0 atom stereocenters. The Morgan fingerprint density at radius 2 is 1.73 bits per heavy atom. The molecule has 2 rings (SSSR count).